The van der Waals surface area contributed by atoms with E-state index in [1.54, 1.807) is 11.3 Å². The molecule has 0 radical (unpaired) electrons. The number of imidazole rings is 1. The molecule has 0 saturated carbocycles. The molecule has 1 fully saturated rings. The van der Waals surface area contributed by atoms with Crippen LogP contribution in [0.25, 0.3) is 0 Å². The zero-order valence-electron chi connectivity index (χ0n) is 14.6. The Kier molecular flexibility index (Phi) is 4.58. The Morgan fingerprint density at radius 1 is 1.36 bits per heavy atom. The fourth-order valence-corrected chi connectivity index (χ4v) is 4.50. The molecule has 134 valence electrons. The van der Waals surface area contributed by atoms with Crippen molar-refractivity contribution in [2.24, 2.45) is 7.05 Å². The largest absolute Gasteiger partial charge is 0.378 e. The van der Waals surface area contributed by atoms with E-state index in [-0.39, 0.29) is 11.8 Å². The maximum Gasteiger partial charge on any atom is 0.233 e. The second kappa shape index (κ2) is 6.86. The highest BCUT2D eigenvalue weighted by atomic mass is 32.1. The molecule has 1 saturated heterocycles. The summed E-state index contributed by atoms with van der Waals surface area (Å²) in [6.07, 6.45) is 1.83. The van der Waals surface area contributed by atoms with Crippen molar-refractivity contribution in [2.45, 2.75) is 25.9 Å². The van der Waals surface area contributed by atoms with Crippen molar-refractivity contribution >= 4 is 17.2 Å². The first-order valence-corrected chi connectivity index (χ1v) is 9.49. The van der Waals surface area contributed by atoms with Crippen molar-refractivity contribution in [1.82, 2.24) is 24.3 Å². The molecule has 0 aromatic carbocycles. The van der Waals surface area contributed by atoms with Crippen LogP contribution in [0.3, 0.4) is 0 Å². The van der Waals surface area contributed by atoms with Crippen LogP contribution in [0.15, 0.2) is 11.8 Å². The van der Waals surface area contributed by atoms with Gasteiger partial charge < -0.3 is 14.2 Å². The summed E-state index contributed by atoms with van der Waals surface area (Å²) >= 11 is 1.68. The number of carbonyl (C=O) groups excluding carboxylic acids is 1. The lowest BCUT2D eigenvalue weighted by molar-refractivity contribution is -0.138. The minimum atomic E-state index is -0.164. The van der Waals surface area contributed by atoms with Gasteiger partial charge >= 0.3 is 0 Å². The maximum absolute atomic E-state index is 13.2. The van der Waals surface area contributed by atoms with Crippen LogP contribution in [0.2, 0.25) is 0 Å². The van der Waals surface area contributed by atoms with Crippen molar-refractivity contribution in [2.75, 3.05) is 32.8 Å². The number of hydrogen-bond acceptors (Lipinski definition) is 6. The van der Waals surface area contributed by atoms with Crippen molar-refractivity contribution in [3.05, 3.63) is 33.8 Å². The van der Waals surface area contributed by atoms with Crippen LogP contribution >= 0.6 is 11.3 Å². The molecule has 25 heavy (non-hydrogen) atoms. The molecule has 1 amide bonds. The van der Waals surface area contributed by atoms with Gasteiger partial charge in [0, 0.05) is 44.6 Å². The predicted molar refractivity (Wildman–Crippen MR) is 94.3 cm³/mol. The highest BCUT2D eigenvalue weighted by Crippen LogP contribution is 2.31. The first kappa shape index (κ1) is 16.7. The Morgan fingerprint density at radius 2 is 2.16 bits per heavy atom. The number of ether oxygens (including phenoxy) is 1. The Labute approximate surface area is 151 Å². The van der Waals surface area contributed by atoms with E-state index in [0.717, 1.165) is 36.7 Å². The zero-order valence-corrected chi connectivity index (χ0v) is 15.5. The second-order valence-electron chi connectivity index (χ2n) is 6.71. The Balaban J connectivity index is 1.59. The Morgan fingerprint density at radius 3 is 2.88 bits per heavy atom. The summed E-state index contributed by atoms with van der Waals surface area (Å²) < 4.78 is 7.40. The summed E-state index contributed by atoms with van der Waals surface area (Å²) in [5.74, 6) is 0.0291. The fraction of sp³-hybridized carbons (Fsp3) is 0.588. The zero-order chi connectivity index (χ0) is 17.4. The van der Waals surface area contributed by atoms with Gasteiger partial charge in [-0.05, 0) is 6.92 Å². The number of aromatic nitrogens is 3. The Hall–Kier alpha value is -1.77. The molecule has 4 heterocycles. The average Bonchev–Trinajstić information content (AvgIpc) is 3.21. The molecule has 2 aromatic rings. The van der Waals surface area contributed by atoms with Crippen molar-refractivity contribution in [3.8, 4) is 0 Å². The van der Waals surface area contributed by atoms with Crippen LogP contribution in [0.4, 0.5) is 0 Å². The highest BCUT2D eigenvalue weighted by Gasteiger charge is 2.36. The number of thiazole rings is 1. The standard InChI is InChI=1S/C17H23N5O2S/c1-12-15(25-11-19-12)9-21-7-13(16-14(8-21)18-10-20(16)2)17(23)22-3-5-24-6-4-22/h10-11,13H,3-9H2,1-2H3/t13-/m0/s1. The minimum Gasteiger partial charge on any atom is -0.378 e. The van der Waals surface area contributed by atoms with Gasteiger partial charge in [-0.15, -0.1) is 11.3 Å². The number of fused-ring (bicyclic) bond motifs is 1. The molecule has 2 aromatic heterocycles. The van der Waals surface area contributed by atoms with Crippen molar-refractivity contribution in [3.63, 3.8) is 0 Å². The molecule has 2 aliphatic rings. The van der Waals surface area contributed by atoms with Crippen molar-refractivity contribution < 1.29 is 9.53 Å². The smallest absolute Gasteiger partial charge is 0.233 e. The summed E-state index contributed by atoms with van der Waals surface area (Å²) in [4.78, 5) is 27.6. The first-order valence-electron chi connectivity index (χ1n) is 8.61. The van der Waals surface area contributed by atoms with Crippen LogP contribution in [0, 0.1) is 6.92 Å². The van der Waals surface area contributed by atoms with Gasteiger partial charge in [-0.1, -0.05) is 0 Å². The van der Waals surface area contributed by atoms with E-state index < -0.39 is 0 Å². The third-order valence-electron chi connectivity index (χ3n) is 5.04. The topological polar surface area (TPSA) is 63.5 Å². The van der Waals surface area contributed by atoms with Crippen LogP contribution in [-0.2, 0) is 29.7 Å². The SMILES string of the molecule is Cc1ncsc1CN1Cc2ncn(C)c2[C@@H](C(=O)N2CCOCC2)C1. The van der Waals surface area contributed by atoms with E-state index >= 15 is 0 Å². The van der Waals surface area contributed by atoms with E-state index in [1.165, 1.54) is 4.88 Å². The van der Waals surface area contributed by atoms with E-state index in [0.29, 0.717) is 26.3 Å². The maximum atomic E-state index is 13.2. The molecular weight excluding hydrogens is 338 g/mol. The fourth-order valence-electron chi connectivity index (χ4n) is 3.68. The quantitative estimate of drug-likeness (QED) is 0.820. The Bertz CT molecular complexity index is 765. The molecule has 7 nitrogen and oxygen atoms in total. The molecule has 0 aliphatic carbocycles. The summed E-state index contributed by atoms with van der Waals surface area (Å²) in [7, 11) is 1.98. The number of rotatable bonds is 3. The number of morpholine rings is 1. The predicted octanol–water partition coefficient (Wildman–Crippen LogP) is 1.14. The monoisotopic (exact) mass is 361 g/mol. The summed E-state index contributed by atoms with van der Waals surface area (Å²) in [5, 5.41) is 0. The van der Waals surface area contributed by atoms with Crippen LogP contribution in [-0.4, -0.2) is 63.1 Å². The molecule has 0 spiro atoms. The third kappa shape index (κ3) is 3.21. The molecule has 1 atom stereocenters. The molecule has 0 bridgehead atoms. The van der Waals surface area contributed by atoms with Gasteiger partial charge in [0.05, 0.1) is 48.1 Å². The normalized spacial score (nSPS) is 21.4. The van der Waals surface area contributed by atoms with Crippen LogP contribution < -0.4 is 0 Å². The summed E-state index contributed by atoms with van der Waals surface area (Å²) in [6, 6.07) is 0. The second-order valence-corrected chi connectivity index (χ2v) is 7.65. The lowest BCUT2D eigenvalue weighted by Gasteiger charge is -2.36. The molecule has 8 heteroatoms. The van der Waals surface area contributed by atoms with Gasteiger partial charge in [0.1, 0.15) is 0 Å². The van der Waals surface area contributed by atoms with Crippen molar-refractivity contribution in [1.29, 1.82) is 0 Å². The highest BCUT2D eigenvalue weighted by molar-refractivity contribution is 7.09. The molecular formula is C17H23N5O2S. The first-order chi connectivity index (χ1) is 12.1. The molecule has 0 unspecified atom stereocenters. The summed E-state index contributed by atoms with van der Waals surface area (Å²) in [6.45, 7) is 6.96. The number of hydrogen-bond donors (Lipinski definition) is 0. The van der Waals surface area contributed by atoms with Gasteiger partial charge in [0.2, 0.25) is 5.91 Å². The number of aryl methyl sites for hydroxylation is 2. The third-order valence-corrected chi connectivity index (χ3v) is 5.96. The number of nitrogens with zero attached hydrogens (tertiary/aromatic N) is 5. The number of carbonyl (C=O) groups is 1. The molecule has 0 N–H and O–H groups in total. The van der Waals surface area contributed by atoms with E-state index in [9.17, 15) is 4.79 Å². The minimum absolute atomic E-state index is 0.164. The van der Waals surface area contributed by atoms with E-state index in [2.05, 4.69) is 14.9 Å². The van der Waals surface area contributed by atoms with E-state index in [1.807, 2.05) is 35.3 Å². The van der Waals surface area contributed by atoms with Gasteiger partial charge in [-0.3, -0.25) is 9.69 Å². The van der Waals surface area contributed by atoms with Gasteiger partial charge in [-0.25, -0.2) is 9.97 Å². The van der Waals surface area contributed by atoms with E-state index in [4.69, 9.17) is 4.74 Å². The molecule has 4 rings (SSSR count). The van der Waals surface area contributed by atoms with Gasteiger partial charge in [-0.2, -0.15) is 0 Å². The van der Waals surface area contributed by atoms with Crippen LogP contribution in [0.5, 0.6) is 0 Å². The van der Waals surface area contributed by atoms with Gasteiger partial charge in [0.25, 0.3) is 0 Å². The lowest BCUT2D eigenvalue weighted by atomic mass is 9.96. The van der Waals surface area contributed by atoms with Gasteiger partial charge in [0.15, 0.2) is 0 Å². The average molecular weight is 361 g/mol. The molecule has 2 aliphatic heterocycles. The summed E-state index contributed by atoms with van der Waals surface area (Å²) in [5.41, 5.74) is 5.04. The number of amides is 1. The lowest BCUT2D eigenvalue weighted by Crippen LogP contribution is -2.47. The van der Waals surface area contributed by atoms with Crippen LogP contribution in [0.1, 0.15) is 27.9 Å².